The van der Waals surface area contributed by atoms with Gasteiger partial charge in [-0.3, -0.25) is 4.79 Å². The molecule has 5 heteroatoms. The van der Waals surface area contributed by atoms with Gasteiger partial charge in [0.05, 0.1) is 0 Å². The summed E-state index contributed by atoms with van der Waals surface area (Å²) in [5.41, 5.74) is 4.82. The van der Waals surface area contributed by atoms with Gasteiger partial charge in [-0.05, 0) is 60.4 Å². The number of amides is 1. The molecule has 5 nitrogen and oxygen atoms in total. The minimum Gasteiger partial charge on any atom is -0.489 e. The highest BCUT2D eigenvalue weighted by Gasteiger charge is 2.24. The summed E-state index contributed by atoms with van der Waals surface area (Å²) < 4.78 is 11.1. The second-order valence-corrected chi connectivity index (χ2v) is 7.73. The maximum atomic E-state index is 12.9. The van der Waals surface area contributed by atoms with Gasteiger partial charge < -0.3 is 14.1 Å². The van der Waals surface area contributed by atoms with Gasteiger partial charge in [0.1, 0.15) is 17.9 Å². The molecule has 0 bridgehead atoms. The summed E-state index contributed by atoms with van der Waals surface area (Å²) in [6.45, 7) is 2.94. The smallest absolute Gasteiger partial charge is 0.336 e. The lowest BCUT2D eigenvalue weighted by molar-refractivity contribution is 0.0989. The normalized spacial score (nSPS) is 12.7. The molecule has 0 unspecified atom stereocenters. The quantitative estimate of drug-likeness (QED) is 0.449. The highest BCUT2D eigenvalue weighted by atomic mass is 16.5. The molecule has 1 aliphatic heterocycles. The Bertz CT molecular complexity index is 1340. The zero-order valence-corrected chi connectivity index (χ0v) is 17.1. The molecule has 1 aliphatic rings. The van der Waals surface area contributed by atoms with Crippen LogP contribution < -0.4 is 15.3 Å². The first kappa shape index (κ1) is 19.1. The molecule has 4 aromatic rings. The molecule has 0 atom stereocenters. The number of carbonyl (C=O) groups is 1. The van der Waals surface area contributed by atoms with Crippen LogP contribution >= 0.6 is 0 Å². The Morgan fingerprint density at radius 2 is 1.84 bits per heavy atom. The summed E-state index contributed by atoms with van der Waals surface area (Å²) in [7, 11) is 0. The lowest BCUT2D eigenvalue weighted by Crippen LogP contribution is -2.28. The van der Waals surface area contributed by atoms with Crippen molar-refractivity contribution in [2.45, 2.75) is 20.0 Å². The van der Waals surface area contributed by atoms with Gasteiger partial charge in [-0.1, -0.05) is 30.3 Å². The van der Waals surface area contributed by atoms with Crippen LogP contribution in [0.25, 0.3) is 11.0 Å². The largest absolute Gasteiger partial charge is 0.489 e. The van der Waals surface area contributed by atoms with Gasteiger partial charge >= 0.3 is 5.63 Å². The van der Waals surface area contributed by atoms with E-state index in [1.165, 1.54) is 11.6 Å². The molecule has 2 heterocycles. The molecular formula is C26H21NO4. The van der Waals surface area contributed by atoms with Gasteiger partial charge in [0, 0.05) is 35.3 Å². The van der Waals surface area contributed by atoms with E-state index in [0.29, 0.717) is 30.0 Å². The summed E-state index contributed by atoms with van der Waals surface area (Å²) in [6, 6.07) is 22.5. The van der Waals surface area contributed by atoms with Crippen LogP contribution in [0.15, 0.2) is 82.0 Å². The van der Waals surface area contributed by atoms with Crippen LogP contribution in [0.5, 0.6) is 5.75 Å². The number of aryl methyl sites for hydroxylation is 1. The third-order valence-electron chi connectivity index (χ3n) is 5.66. The number of anilines is 1. The molecule has 0 spiro atoms. The highest BCUT2D eigenvalue weighted by molar-refractivity contribution is 6.07. The standard InChI is InChI=1S/C26H21NO4/c1-17-14-25(28)31-24-15-21(10-11-22(17)24)30-16-18-6-8-20(9-7-18)26(29)27-13-12-19-4-2-3-5-23(19)27/h2-11,14-15H,12-13,16H2,1H3. The number of ether oxygens (including phenoxy) is 1. The first-order valence-corrected chi connectivity index (χ1v) is 10.2. The zero-order chi connectivity index (χ0) is 21.4. The number of nitrogens with zero attached hydrogens (tertiary/aromatic N) is 1. The molecule has 0 saturated heterocycles. The fourth-order valence-electron chi connectivity index (χ4n) is 4.01. The van der Waals surface area contributed by atoms with Crippen molar-refractivity contribution in [1.29, 1.82) is 0 Å². The van der Waals surface area contributed by atoms with Crippen molar-refractivity contribution >= 4 is 22.6 Å². The summed E-state index contributed by atoms with van der Waals surface area (Å²) in [5.74, 6) is 0.632. The van der Waals surface area contributed by atoms with Crippen LogP contribution in [-0.4, -0.2) is 12.5 Å². The molecule has 154 valence electrons. The maximum Gasteiger partial charge on any atom is 0.336 e. The third kappa shape index (κ3) is 3.70. The molecule has 0 fully saturated rings. The maximum absolute atomic E-state index is 12.9. The average molecular weight is 411 g/mol. The molecule has 0 saturated carbocycles. The Balaban J connectivity index is 1.28. The molecule has 0 radical (unpaired) electrons. The van der Waals surface area contributed by atoms with E-state index in [0.717, 1.165) is 28.6 Å². The van der Waals surface area contributed by atoms with Gasteiger partial charge in [-0.2, -0.15) is 0 Å². The number of hydrogen-bond acceptors (Lipinski definition) is 4. The summed E-state index contributed by atoms with van der Waals surface area (Å²) in [5, 5.41) is 0.887. The van der Waals surface area contributed by atoms with E-state index >= 15 is 0 Å². The van der Waals surface area contributed by atoms with Crippen LogP contribution in [0.3, 0.4) is 0 Å². The number of para-hydroxylation sites is 1. The van der Waals surface area contributed by atoms with Crippen LogP contribution in [0, 0.1) is 6.92 Å². The number of benzene rings is 3. The van der Waals surface area contributed by atoms with Gasteiger partial charge in [-0.25, -0.2) is 4.79 Å². The SMILES string of the molecule is Cc1cc(=O)oc2cc(OCc3ccc(C(=O)N4CCc5ccccc54)cc3)ccc12. The fraction of sp³-hybridized carbons (Fsp3) is 0.154. The first-order chi connectivity index (χ1) is 15.1. The van der Waals surface area contributed by atoms with Gasteiger partial charge in [-0.15, -0.1) is 0 Å². The van der Waals surface area contributed by atoms with E-state index in [2.05, 4.69) is 6.07 Å². The van der Waals surface area contributed by atoms with E-state index in [9.17, 15) is 9.59 Å². The predicted molar refractivity (Wildman–Crippen MR) is 120 cm³/mol. The molecule has 1 aromatic heterocycles. The second kappa shape index (κ2) is 7.76. The first-order valence-electron chi connectivity index (χ1n) is 10.2. The minimum absolute atomic E-state index is 0.0114. The molecule has 1 amide bonds. The van der Waals surface area contributed by atoms with Crippen molar-refractivity contribution in [3.05, 3.63) is 105 Å². The van der Waals surface area contributed by atoms with Crippen LogP contribution in [-0.2, 0) is 13.0 Å². The Morgan fingerprint density at radius 1 is 1.03 bits per heavy atom. The molecular weight excluding hydrogens is 390 g/mol. The van der Waals surface area contributed by atoms with Crippen molar-refractivity contribution in [3.8, 4) is 5.75 Å². The molecule has 3 aromatic carbocycles. The number of hydrogen-bond donors (Lipinski definition) is 0. The monoisotopic (exact) mass is 411 g/mol. The van der Waals surface area contributed by atoms with Crippen molar-refractivity contribution < 1.29 is 13.9 Å². The Labute approximate surface area is 179 Å². The van der Waals surface area contributed by atoms with Crippen molar-refractivity contribution in [2.75, 3.05) is 11.4 Å². The summed E-state index contributed by atoms with van der Waals surface area (Å²) in [6.07, 6.45) is 0.888. The number of fused-ring (bicyclic) bond motifs is 2. The second-order valence-electron chi connectivity index (χ2n) is 7.73. The molecule has 0 N–H and O–H groups in total. The Morgan fingerprint density at radius 3 is 2.68 bits per heavy atom. The van der Waals surface area contributed by atoms with Gasteiger partial charge in [0.15, 0.2) is 0 Å². The lowest BCUT2D eigenvalue weighted by Gasteiger charge is -2.17. The third-order valence-corrected chi connectivity index (χ3v) is 5.66. The lowest BCUT2D eigenvalue weighted by atomic mass is 10.1. The van der Waals surface area contributed by atoms with E-state index in [4.69, 9.17) is 9.15 Å². The average Bonchev–Trinajstić information content (AvgIpc) is 3.21. The molecule has 31 heavy (non-hydrogen) atoms. The summed E-state index contributed by atoms with van der Waals surface area (Å²) >= 11 is 0. The fourth-order valence-corrected chi connectivity index (χ4v) is 4.01. The zero-order valence-electron chi connectivity index (χ0n) is 17.1. The van der Waals surface area contributed by atoms with E-state index < -0.39 is 0 Å². The minimum atomic E-state index is -0.372. The topological polar surface area (TPSA) is 59.8 Å². The Kier molecular flexibility index (Phi) is 4.79. The molecule has 0 aliphatic carbocycles. The van der Waals surface area contributed by atoms with Crippen LogP contribution in [0.2, 0.25) is 0 Å². The highest BCUT2D eigenvalue weighted by Crippen LogP contribution is 2.29. The molecule has 5 rings (SSSR count). The summed E-state index contributed by atoms with van der Waals surface area (Å²) in [4.78, 5) is 26.4. The van der Waals surface area contributed by atoms with E-state index in [-0.39, 0.29) is 11.5 Å². The van der Waals surface area contributed by atoms with Crippen molar-refractivity contribution in [1.82, 2.24) is 0 Å². The van der Waals surface area contributed by atoms with Crippen molar-refractivity contribution in [3.63, 3.8) is 0 Å². The van der Waals surface area contributed by atoms with Gasteiger partial charge in [0.2, 0.25) is 0 Å². The van der Waals surface area contributed by atoms with Crippen molar-refractivity contribution in [2.24, 2.45) is 0 Å². The number of rotatable bonds is 4. The van der Waals surface area contributed by atoms with E-state index in [1.807, 2.05) is 66.4 Å². The number of carbonyl (C=O) groups excluding carboxylic acids is 1. The predicted octanol–water partition coefficient (Wildman–Crippen LogP) is 4.88. The van der Waals surface area contributed by atoms with Crippen LogP contribution in [0.4, 0.5) is 5.69 Å². The van der Waals surface area contributed by atoms with E-state index in [1.54, 1.807) is 6.07 Å². The Hall–Kier alpha value is -3.86. The van der Waals surface area contributed by atoms with Gasteiger partial charge in [0.25, 0.3) is 5.91 Å². The van der Waals surface area contributed by atoms with Crippen LogP contribution in [0.1, 0.15) is 27.0 Å².